The summed E-state index contributed by atoms with van der Waals surface area (Å²) in [4.78, 5) is 43.3. The number of carbonyl (C=O) groups excluding carboxylic acids is 1. The molecule has 1 aliphatic carbocycles. The fourth-order valence-corrected chi connectivity index (χ4v) is 3.91. The van der Waals surface area contributed by atoms with E-state index < -0.39 is 11.2 Å². The molecule has 0 aromatic carbocycles. The van der Waals surface area contributed by atoms with Crippen molar-refractivity contribution in [3.8, 4) is 0 Å². The number of aryl methyl sites for hydroxylation is 1. The zero-order valence-electron chi connectivity index (χ0n) is 16.9. The predicted octanol–water partition coefficient (Wildman–Crippen LogP) is 1.02. The summed E-state index contributed by atoms with van der Waals surface area (Å²) in [6.45, 7) is 1.51. The summed E-state index contributed by atoms with van der Waals surface area (Å²) in [6.07, 6.45) is 7.36. The topological polar surface area (TPSA) is 89.2 Å². The summed E-state index contributed by atoms with van der Waals surface area (Å²) in [5.41, 5.74) is -0.453. The molecule has 2 aromatic heterocycles. The second kappa shape index (κ2) is 8.68. The maximum Gasteiger partial charge on any atom is 0.332 e. The highest BCUT2D eigenvalue weighted by atomic mass is 16.2. The molecule has 1 aliphatic rings. The van der Waals surface area contributed by atoms with E-state index in [9.17, 15) is 14.4 Å². The summed E-state index contributed by atoms with van der Waals surface area (Å²) < 4.78 is 2.32. The molecule has 0 radical (unpaired) electrons. The van der Waals surface area contributed by atoms with E-state index in [-0.39, 0.29) is 17.2 Å². The van der Waals surface area contributed by atoms with Gasteiger partial charge in [-0.15, -0.1) is 0 Å². The van der Waals surface area contributed by atoms with E-state index in [0.717, 1.165) is 17.5 Å². The van der Waals surface area contributed by atoms with Gasteiger partial charge in [0.2, 0.25) is 0 Å². The van der Waals surface area contributed by atoms with Gasteiger partial charge >= 0.3 is 5.69 Å². The maximum atomic E-state index is 12.4. The summed E-state index contributed by atoms with van der Waals surface area (Å²) in [6, 6.07) is 3.74. The minimum Gasteiger partial charge on any atom is -0.351 e. The molecule has 8 nitrogen and oxygen atoms in total. The van der Waals surface area contributed by atoms with Crippen LogP contribution in [-0.4, -0.2) is 51.1 Å². The molecule has 0 aliphatic heterocycles. The third-order valence-electron chi connectivity index (χ3n) is 5.71. The molecule has 1 fully saturated rings. The number of rotatable bonds is 6. The summed E-state index contributed by atoms with van der Waals surface area (Å²) in [5, 5.41) is 3.20. The number of hydrogen-bond donors (Lipinski definition) is 1. The van der Waals surface area contributed by atoms with Gasteiger partial charge in [0.05, 0.1) is 5.39 Å². The van der Waals surface area contributed by atoms with Gasteiger partial charge in [0.15, 0.2) is 0 Å². The Bertz CT molecular complexity index is 972. The Morgan fingerprint density at radius 3 is 2.61 bits per heavy atom. The van der Waals surface area contributed by atoms with E-state index >= 15 is 0 Å². The molecule has 152 valence electrons. The van der Waals surface area contributed by atoms with Crippen LogP contribution in [0.4, 0.5) is 0 Å². The molecule has 3 rings (SSSR count). The van der Waals surface area contributed by atoms with Crippen LogP contribution >= 0.6 is 0 Å². The number of amides is 1. The monoisotopic (exact) mass is 387 g/mol. The lowest BCUT2D eigenvalue weighted by atomic mass is 9.94. The highest BCUT2D eigenvalue weighted by Gasteiger charge is 2.18. The first-order valence-corrected chi connectivity index (χ1v) is 9.95. The van der Waals surface area contributed by atoms with Crippen LogP contribution in [-0.2, 0) is 14.1 Å². The minimum atomic E-state index is -0.465. The number of nitrogens with one attached hydrogen (secondary N) is 1. The van der Waals surface area contributed by atoms with E-state index in [1.54, 1.807) is 13.1 Å². The van der Waals surface area contributed by atoms with Crippen molar-refractivity contribution in [3.63, 3.8) is 0 Å². The summed E-state index contributed by atoms with van der Waals surface area (Å²) in [7, 11) is 5.12. The Labute approximate surface area is 164 Å². The van der Waals surface area contributed by atoms with Crippen LogP contribution in [0, 0.1) is 0 Å². The minimum absolute atomic E-state index is 0.205. The lowest BCUT2D eigenvalue weighted by Gasteiger charge is -2.31. The highest BCUT2D eigenvalue weighted by Crippen LogP contribution is 2.21. The zero-order chi connectivity index (χ0) is 20.3. The fourth-order valence-electron chi connectivity index (χ4n) is 3.91. The van der Waals surface area contributed by atoms with E-state index in [2.05, 4.69) is 22.2 Å². The Balaban J connectivity index is 1.61. The van der Waals surface area contributed by atoms with Gasteiger partial charge in [-0.3, -0.25) is 18.7 Å². The predicted molar refractivity (Wildman–Crippen MR) is 109 cm³/mol. The second-order valence-corrected chi connectivity index (χ2v) is 7.66. The standard InChI is InChI=1S/C20H29N5O3/c1-23(14-8-5-4-6-9-14)13-7-12-21-18(26)16-11-10-15-17(22-16)24(2)20(28)25(3)19(15)27/h10-11,14H,4-9,12-13H2,1-3H3,(H,21,26). The van der Waals surface area contributed by atoms with Gasteiger partial charge in [-0.25, -0.2) is 9.78 Å². The third kappa shape index (κ3) is 4.16. The van der Waals surface area contributed by atoms with Gasteiger partial charge < -0.3 is 10.2 Å². The molecule has 1 N–H and O–H groups in total. The highest BCUT2D eigenvalue weighted by molar-refractivity contribution is 5.94. The van der Waals surface area contributed by atoms with Crippen molar-refractivity contribution >= 4 is 16.9 Å². The first kappa shape index (κ1) is 20.3. The number of pyridine rings is 1. The Hall–Kier alpha value is -2.48. The Morgan fingerprint density at radius 2 is 1.89 bits per heavy atom. The van der Waals surface area contributed by atoms with Crippen molar-refractivity contribution in [2.75, 3.05) is 20.1 Å². The van der Waals surface area contributed by atoms with Crippen LogP contribution in [0.25, 0.3) is 11.0 Å². The molecule has 0 atom stereocenters. The van der Waals surface area contributed by atoms with Gasteiger partial charge in [-0.2, -0.15) is 0 Å². The average molecular weight is 387 g/mol. The van der Waals surface area contributed by atoms with Crippen LogP contribution in [0.5, 0.6) is 0 Å². The van der Waals surface area contributed by atoms with E-state index in [1.165, 1.54) is 49.8 Å². The number of hydrogen-bond acceptors (Lipinski definition) is 5. The molecule has 2 heterocycles. The van der Waals surface area contributed by atoms with Crippen molar-refractivity contribution in [2.24, 2.45) is 14.1 Å². The molecule has 2 aromatic rings. The summed E-state index contributed by atoms with van der Waals surface area (Å²) in [5.74, 6) is -0.296. The first-order valence-electron chi connectivity index (χ1n) is 9.95. The lowest BCUT2D eigenvalue weighted by Crippen LogP contribution is -2.38. The lowest BCUT2D eigenvalue weighted by molar-refractivity contribution is 0.0946. The van der Waals surface area contributed by atoms with Crippen LogP contribution in [0.3, 0.4) is 0 Å². The number of aromatic nitrogens is 3. The Kier molecular flexibility index (Phi) is 6.28. The van der Waals surface area contributed by atoms with Crippen LogP contribution in [0.15, 0.2) is 21.7 Å². The second-order valence-electron chi connectivity index (χ2n) is 7.66. The largest absolute Gasteiger partial charge is 0.351 e. The molecule has 0 saturated heterocycles. The van der Waals surface area contributed by atoms with Crippen LogP contribution in [0.1, 0.15) is 49.0 Å². The van der Waals surface area contributed by atoms with Crippen molar-refractivity contribution in [1.29, 1.82) is 0 Å². The van der Waals surface area contributed by atoms with Gasteiger partial charge in [0.25, 0.3) is 11.5 Å². The van der Waals surface area contributed by atoms with Crippen molar-refractivity contribution < 1.29 is 4.79 Å². The molecular formula is C20H29N5O3. The number of fused-ring (bicyclic) bond motifs is 1. The molecule has 1 amide bonds. The SMILES string of the molecule is CN(CCCNC(=O)c1ccc2c(=O)n(C)c(=O)n(C)c2n1)C1CCCCC1. The fraction of sp³-hybridized carbons (Fsp3) is 0.600. The van der Waals surface area contributed by atoms with E-state index in [0.29, 0.717) is 18.0 Å². The number of nitrogens with zero attached hydrogens (tertiary/aromatic N) is 4. The maximum absolute atomic E-state index is 12.4. The molecular weight excluding hydrogens is 358 g/mol. The smallest absolute Gasteiger partial charge is 0.332 e. The van der Waals surface area contributed by atoms with Gasteiger partial charge in [-0.1, -0.05) is 19.3 Å². The normalized spacial score (nSPS) is 15.3. The molecule has 0 unspecified atom stereocenters. The molecule has 0 spiro atoms. The zero-order valence-corrected chi connectivity index (χ0v) is 16.9. The van der Waals surface area contributed by atoms with Crippen molar-refractivity contribution in [3.05, 3.63) is 38.7 Å². The van der Waals surface area contributed by atoms with Crippen LogP contribution in [0.2, 0.25) is 0 Å². The van der Waals surface area contributed by atoms with Crippen molar-refractivity contribution in [1.82, 2.24) is 24.3 Å². The third-order valence-corrected chi connectivity index (χ3v) is 5.71. The van der Waals surface area contributed by atoms with Gasteiger partial charge in [0, 0.05) is 26.7 Å². The van der Waals surface area contributed by atoms with Crippen molar-refractivity contribution in [2.45, 2.75) is 44.6 Å². The first-order chi connectivity index (χ1) is 13.4. The van der Waals surface area contributed by atoms with Gasteiger partial charge in [-0.05, 0) is 45.0 Å². The van der Waals surface area contributed by atoms with Crippen LogP contribution < -0.4 is 16.6 Å². The van der Waals surface area contributed by atoms with E-state index in [1.807, 2.05) is 0 Å². The van der Waals surface area contributed by atoms with Gasteiger partial charge in [0.1, 0.15) is 11.3 Å². The molecule has 8 heteroatoms. The molecule has 28 heavy (non-hydrogen) atoms. The Morgan fingerprint density at radius 1 is 1.18 bits per heavy atom. The average Bonchev–Trinajstić information content (AvgIpc) is 2.73. The van der Waals surface area contributed by atoms with E-state index in [4.69, 9.17) is 0 Å². The number of carbonyl (C=O) groups is 1. The quantitative estimate of drug-likeness (QED) is 0.748. The molecule has 0 bridgehead atoms. The summed E-state index contributed by atoms with van der Waals surface area (Å²) >= 11 is 0. The molecule has 1 saturated carbocycles.